The van der Waals surface area contributed by atoms with Gasteiger partial charge in [0, 0.05) is 0 Å². The van der Waals surface area contributed by atoms with Gasteiger partial charge in [-0.15, -0.1) is 0 Å². The van der Waals surface area contributed by atoms with Gasteiger partial charge in [0.05, 0.1) is 0 Å². The second-order valence-corrected chi connectivity index (χ2v) is 2.91. The van der Waals surface area contributed by atoms with Gasteiger partial charge < -0.3 is 24.7 Å². The first kappa shape index (κ1) is 26.6. The van der Waals surface area contributed by atoms with Crippen LogP contribution in [0.25, 0.3) is 0 Å². The van der Waals surface area contributed by atoms with Crippen LogP contribution in [0.15, 0.2) is 0 Å². The third-order valence-corrected chi connectivity index (χ3v) is 0.805. The van der Waals surface area contributed by atoms with E-state index in [4.69, 9.17) is 37.9 Å². The number of carbonyl (C=O) groups is 2. The summed E-state index contributed by atoms with van der Waals surface area (Å²) in [5.41, 5.74) is 0. The van der Waals surface area contributed by atoms with Crippen molar-refractivity contribution in [2.24, 2.45) is 0 Å². The summed E-state index contributed by atoms with van der Waals surface area (Å²) < 4.78 is 31.6. The SMILES string of the molecule is O=C(O)C(O)C(O)C(=O)O.O=S(=O)(O)O.[H-].[H-].[H-].[K+].[Mg+2]. The second-order valence-electron chi connectivity index (χ2n) is 2.01. The molecule has 0 aromatic heterocycles. The summed E-state index contributed by atoms with van der Waals surface area (Å²) in [5.74, 6) is -3.54. The Morgan fingerprint density at radius 3 is 1.12 bits per heavy atom. The molecule has 0 fully saturated rings. The Kier molecular flexibility index (Phi) is 19.1. The predicted octanol–water partition coefficient (Wildman–Crippen LogP) is -5.81. The van der Waals surface area contributed by atoms with Crippen molar-refractivity contribution in [3.8, 4) is 0 Å². The monoisotopic (exact) mass is 314 g/mol. The van der Waals surface area contributed by atoms with E-state index in [0.29, 0.717) is 0 Å². The average Bonchev–Trinajstić information content (AvgIpc) is 1.98. The standard InChI is InChI=1S/C4H6O6.K.Mg.H2O4S.3H/c5-1(3(7)8)2(6)4(9)10;;;1-5(2,3)4;;;/h1-2,5-6H,(H,7,8)(H,9,10);;;(H2,1,2,3,4);;;/q;+1;+2;;3*-1. The van der Waals surface area contributed by atoms with E-state index in [1.165, 1.54) is 0 Å². The minimum absolute atomic E-state index is 0. The molecule has 0 saturated carbocycles. The van der Waals surface area contributed by atoms with E-state index >= 15 is 0 Å². The molecule has 2 unspecified atom stereocenters. The quantitative estimate of drug-likeness (QED) is 0.216. The summed E-state index contributed by atoms with van der Waals surface area (Å²) in [7, 11) is -4.67. The van der Waals surface area contributed by atoms with Crippen molar-refractivity contribution in [1.29, 1.82) is 0 Å². The van der Waals surface area contributed by atoms with Crippen LogP contribution < -0.4 is 51.4 Å². The Labute approximate surface area is 159 Å². The van der Waals surface area contributed by atoms with E-state index in [1.807, 2.05) is 0 Å². The first-order valence-corrected chi connectivity index (χ1v) is 4.38. The second kappa shape index (κ2) is 12.2. The molecule has 0 saturated heterocycles. The first-order chi connectivity index (χ1) is 6.46. The number of aliphatic hydroxyl groups is 2. The maximum atomic E-state index is 9.77. The molecule has 0 radical (unpaired) electrons. The van der Waals surface area contributed by atoms with Crippen LogP contribution in [0.4, 0.5) is 0 Å². The van der Waals surface area contributed by atoms with E-state index in [2.05, 4.69) is 0 Å². The van der Waals surface area contributed by atoms with Gasteiger partial charge in [-0.2, -0.15) is 8.42 Å². The molecule has 0 aliphatic heterocycles. The van der Waals surface area contributed by atoms with Gasteiger partial charge in [-0.25, -0.2) is 9.59 Å². The van der Waals surface area contributed by atoms with Crippen LogP contribution in [0.5, 0.6) is 0 Å². The number of rotatable bonds is 3. The fourth-order valence-corrected chi connectivity index (χ4v) is 0.270. The maximum absolute atomic E-state index is 9.77. The van der Waals surface area contributed by atoms with Crippen molar-refractivity contribution in [1.82, 2.24) is 0 Å². The van der Waals surface area contributed by atoms with Crippen LogP contribution in [0.2, 0.25) is 0 Å². The van der Waals surface area contributed by atoms with Gasteiger partial charge in [0.1, 0.15) is 0 Å². The van der Waals surface area contributed by atoms with Crippen molar-refractivity contribution in [3.63, 3.8) is 0 Å². The molecule has 0 heterocycles. The molecule has 0 aromatic carbocycles. The fourth-order valence-electron chi connectivity index (χ4n) is 0.270. The van der Waals surface area contributed by atoms with E-state index in [-0.39, 0.29) is 78.7 Å². The smallest absolute Gasteiger partial charge is 1.00 e. The molecule has 13 heteroatoms. The average molecular weight is 315 g/mol. The summed E-state index contributed by atoms with van der Waals surface area (Å²) in [6.07, 6.45) is -4.53. The molecule has 0 aliphatic rings. The topological polar surface area (TPSA) is 190 Å². The molecular weight excluding hydrogens is 304 g/mol. The van der Waals surface area contributed by atoms with Gasteiger partial charge in [0.15, 0.2) is 12.2 Å². The molecule has 6 N–H and O–H groups in total. The maximum Gasteiger partial charge on any atom is 2.00 e. The summed E-state index contributed by atoms with van der Waals surface area (Å²) in [4.78, 5) is 19.5. The van der Waals surface area contributed by atoms with Crippen LogP contribution in [0.3, 0.4) is 0 Å². The molecule has 0 rings (SSSR count). The zero-order valence-corrected chi connectivity index (χ0v) is 13.9. The van der Waals surface area contributed by atoms with Crippen molar-refractivity contribution in [3.05, 3.63) is 0 Å². The number of hydrogen-bond acceptors (Lipinski definition) is 6. The summed E-state index contributed by atoms with van der Waals surface area (Å²) in [6.45, 7) is 0. The summed E-state index contributed by atoms with van der Waals surface area (Å²) >= 11 is 0. The number of hydrogen-bond donors (Lipinski definition) is 6. The van der Waals surface area contributed by atoms with Gasteiger partial charge in [0.25, 0.3) is 0 Å². The molecule has 0 aliphatic carbocycles. The predicted molar refractivity (Wildman–Crippen MR) is 50.6 cm³/mol. The largest absolute Gasteiger partial charge is 2.00 e. The molecular formula is C4H11KMgO10S. The molecule has 0 spiro atoms. The van der Waals surface area contributed by atoms with E-state index in [1.54, 1.807) is 0 Å². The minimum Gasteiger partial charge on any atom is -1.00 e. The van der Waals surface area contributed by atoms with Crippen LogP contribution in [0, 0.1) is 0 Å². The van der Waals surface area contributed by atoms with E-state index < -0.39 is 34.5 Å². The number of carboxylic acid groups (broad SMARTS) is 2. The third kappa shape index (κ3) is 22.7. The Balaban J connectivity index is -0.0000000303. The van der Waals surface area contributed by atoms with Crippen LogP contribution in [-0.4, -0.2) is 85.1 Å². The fraction of sp³-hybridized carbons (Fsp3) is 0.500. The molecule has 10 nitrogen and oxygen atoms in total. The molecule has 0 aromatic rings. The van der Waals surface area contributed by atoms with Crippen molar-refractivity contribution >= 4 is 45.4 Å². The van der Waals surface area contributed by atoms with Crippen LogP contribution >= 0.6 is 0 Å². The normalized spacial score (nSPS) is 12.7. The third-order valence-electron chi connectivity index (χ3n) is 0.805. The number of carboxylic acids is 2. The van der Waals surface area contributed by atoms with E-state index in [9.17, 15) is 9.59 Å². The van der Waals surface area contributed by atoms with Gasteiger partial charge in [-0.1, -0.05) is 0 Å². The van der Waals surface area contributed by atoms with Crippen molar-refractivity contribution in [2.75, 3.05) is 0 Å². The van der Waals surface area contributed by atoms with Crippen molar-refractivity contribution in [2.45, 2.75) is 12.2 Å². The van der Waals surface area contributed by atoms with E-state index in [0.717, 1.165) is 0 Å². The molecule has 17 heavy (non-hydrogen) atoms. The van der Waals surface area contributed by atoms with Gasteiger partial charge in [-0.3, -0.25) is 9.11 Å². The number of aliphatic carboxylic acids is 2. The summed E-state index contributed by atoms with van der Waals surface area (Å²) in [6, 6.07) is 0. The first-order valence-electron chi connectivity index (χ1n) is 2.98. The zero-order chi connectivity index (χ0) is 12.8. The Morgan fingerprint density at radius 1 is 0.941 bits per heavy atom. The Hall–Kier alpha value is 1.13. The Bertz CT molecular complexity index is 313. The van der Waals surface area contributed by atoms with Gasteiger partial charge in [0.2, 0.25) is 0 Å². The summed E-state index contributed by atoms with van der Waals surface area (Å²) in [5, 5.41) is 32.5. The van der Waals surface area contributed by atoms with Crippen LogP contribution in [0.1, 0.15) is 4.28 Å². The Morgan fingerprint density at radius 2 is 1.06 bits per heavy atom. The van der Waals surface area contributed by atoms with Crippen LogP contribution in [-0.2, 0) is 20.0 Å². The number of aliphatic hydroxyl groups excluding tert-OH is 2. The van der Waals surface area contributed by atoms with Gasteiger partial charge in [-0.05, 0) is 0 Å². The molecule has 0 bridgehead atoms. The molecule has 0 amide bonds. The minimum atomic E-state index is -4.67. The van der Waals surface area contributed by atoms with Gasteiger partial charge >= 0.3 is 96.8 Å². The van der Waals surface area contributed by atoms with Crippen molar-refractivity contribution < 1.29 is 103 Å². The zero-order valence-electron chi connectivity index (χ0n) is 11.6. The molecule has 96 valence electrons. The molecule has 2 atom stereocenters.